The Morgan fingerprint density at radius 3 is 2.69 bits per heavy atom. The van der Waals surface area contributed by atoms with Crippen molar-refractivity contribution in [3.8, 4) is 0 Å². The summed E-state index contributed by atoms with van der Waals surface area (Å²) in [5.41, 5.74) is 0.668. The first-order chi connectivity index (χ1) is 6.25. The summed E-state index contributed by atoms with van der Waals surface area (Å²) in [5, 5.41) is 3.50. The van der Waals surface area contributed by atoms with Gasteiger partial charge in [0, 0.05) is 0 Å². The largest absolute Gasteiger partial charge is 0.316 e. The molecule has 2 atom stereocenters. The van der Waals surface area contributed by atoms with Gasteiger partial charge in [-0.2, -0.15) is 0 Å². The molecule has 1 rings (SSSR count). The van der Waals surface area contributed by atoms with E-state index in [0.717, 1.165) is 5.92 Å². The van der Waals surface area contributed by atoms with Gasteiger partial charge in [0.1, 0.15) is 0 Å². The van der Waals surface area contributed by atoms with E-state index in [9.17, 15) is 0 Å². The lowest BCUT2D eigenvalue weighted by molar-refractivity contribution is 0.0993. The van der Waals surface area contributed by atoms with Crippen LogP contribution in [0.3, 0.4) is 0 Å². The highest BCUT2D eigenvalue weighted by molar-refractivity contribution is 4.88. The molecule has 78 valence electrons. The number of nitrogens with one attached hydrogen (secondary N) is 1. The Balaban J connectivity index is 2.53. The van der Waals surface area contributed by atoms with Gasteiger partial charge >= 0.3 is 0 Å². The normalized spacial score (nSPS) is 34.8. The number of piperidine rings is 1. The van der Waals surface area contributed by atoms with Gasteiger partial charge in [0.15, 0.2) is 0 Å². The van der Waals surface area contributed by atoms with Gasteiger partial charge in [0.25, 0.3) is 0 Å². The van der Waals surface area contributed by atoms with E-state index in [4.69, 9.17) is 0 Å². The summed E-state index contributed by atoms with van der Waals surface area (Å²) in [6.07, 6.45) is 6.98. The van der Waals surface area contributed by atoms with Gasteiger partial charge in [-0.3, -0.25) is 0 Å². The number of hydrogen-bond acceptors (Lipinski definition) is 1. The molecule has 1 heteroatoms. The third-order valence-electron chi connectivity index (χ3n) is 4.03. The van der Waals surface area contributed by atoms with Crippen molar-refractivity contribution in [3.05, 3.63) is 0 Å². The van der Waals surface area contributed by atoms with E-state index in [1.54, 1.807) is 0 Å². The zero-order valence-electron chi connectivity index (χ0n) is 9.53. The third kappa shape index (κ3) is 2.46. The van der Waals surface area contributed by atoms with E-state index in [1.807, 2.05) is 0 Å². The summed E-state index contributed by atoms with van der Waals surface area (Å²) < 4.78 is 0. The lowest BCUT2D eigenvalue weighted by atomic mass is 9.67. The molecule has 0 bridgehead atoms. The molecule has 0 aliphatic carbocycles. The minimum absolute atomic E-state index is 0.668. The van der Waals surface area contributed by atoms with Crippen molar-refractivity contribution in [1.82, 2.24) is 5.32 Å². The molecule has 0 aromatic heterocycles. The summed E-state index contributed by atoms with van der Waals surface area (Å²) in [6.45, 7) is 9.57. The first kappa shape index (κ1) is 11.0. The molecular formula is C12H25N. The van der Waals surface area contributed by atoms with Crippen molar-refractivity contribution in [3.63, 3.8) is 0 Å². The molecule has 13 heavy (non-hydrogen) atoms. The van der Waals surface area contributed by atoms with Crippen LogP contribution in [0.5, 0.6) is 0 Å². The van der Waals surface area contributed by atoms with Crippen LogP contribution in [0, 0.1) is 11.3 Å². The highest BCUT2D eigenvalue weighted by Crippen LogP contribution is 2.41. The van der Waals surface area contributed by atoms with E-state index in [2.05, 4.69) is 26.1 Å². The molecule has 0 aromatic rings. The van der Waals surface area contributed by atoms with E-state index in [1.165, 1.54) is 45.2 Å². The second kappa shape index (κ2) is 4.99. The lowest BCUT2D eigenvalue weighted by Gasteiger charge is -2.43. The Morgan fingerprint density at radius 1 is 1.38 bits per heavy atom. The van der Waals surface area contributed by atoms with Crippen LogP contribution in [-0.2, 0) is 0 Å². The van der Waals surface area contributed by atoms with E-state index < -0.39 is 0 Å². The Labute approximate surface area is 83.3 Å². The maximum Gasteiger partial charge on any atom is -0.00178 e. The van der Waals surface area contributed by atoms with E-state index >= 15 is 0 Å². The number of hydrogen-bond donors (Lipinski definition) is 1. The van der Waals surface area contributed by atoms with E-state index in [-0.39, 0.29) is 0 Å². The molecule has 1 N–H and O–H groups in total. The molecule has 1 nitrogen and oxygen atoms in total. The predicted octanol–water partition coefficient (Wildman–Crippen LogP) is 3.20. The second-order valence-corrected chi connectivity index (χ2v) is 4.67. The summed E-state index contributed by atoms with van der Waals surface area (Å²) >= 11 is 0. The smallest absolute Gasteiger partial charge is 0.00178 e. The summed E-state index contributed by atoms with van der Waals surface area (Å²) in [5.74, 6) is 0.873. The molecule has 0 amide bonds. The molecular weight excluding hydrogens is 158 g/mol. The molecule has 1 heterocycles. The van der Waals surface area contributed by atoms with E-state index in [0.29, 0.717) is 5.41 Å². The van der Waals surface area contributed by atoms with Crippen LogP contribution in [0.25, 0.3) is 0 Å². The highest BCUT2D eigenvalue weighted by atomic mass is 14.9. The summed E-state index contributed by atoms with van der Waals surface area (Å²) in [7, 11) is 0. The Bertz CT molecular complexity index is 144. The van der Waals surface area contributed by atoms with Crippen LogP contribution in [0.1, 0.15) is 52.9 Å². The molecule has 0 radical (unpaired) electrons. The minimum atomic E-state index is 0.668. The Hall–Kier alpha value is -0.0400. The molecule has 1 saturated heterocycles. The maximum absolute atomic E-state index is 3.50. The van der Waals surface area contributed by atoms with Crippen molar-refractivity contribution in [2.75, 3.05) is 13.1 Å². The second-order valence-electron chi connectivity index (χ2n) is 4.67. The van der Waals surface area contributed by atoms with Gasteiger partial charge in [-0.05, 0) is 37.3 Å². The van der Waals surface area contributed by atoms with Crippen LogP contribution in [0.2, 0.25) is 0 Å². The van der Waals surface area contributed by atoms with Crippen LogP contribution in [0.4, 0.5) is 0 Å². The summed E-state index contributed by atoms with van der Waals surface area (Å²) in [6, 6.07) is 0. The predicted molar refractivity (Wildman–Crippen MR) is 58.9 cm³/mol. The van der Waals surface area contributed by atoms with Gasteiger partial charge in [0.2, 0.25) is 0 Å². The average Bonchev–Trinajstić information content (AvgIpc) is 2.17. The fourth-order valence-corrected chi connectivity index (χ4v) is 2.72. The SMILES string of the molecule is CCCCC1(CC)CCNCC1C. The van der Waals surface area contributed by atoms with Crippen molar-refractivity contribution >= 4 is 0 Å². The van der Waals surface area contributed by atoms with Gasteiger partial charge in [-0.1, -0.05) is 40.0 Å². The zero-order valence-corrected chi connectivity index (χ0v) is 9.53. The fraction of sp³-hybridized carbons (Fsp3) is 1.00. The number of unbranched alkanes of at least 4 members (excludes halogenated alkanes) is 1. The summed E-state index contributed by atoms with van der Waals surface area (Å²) in [4.78, 5) is 0. The quantitative estimate of drug-likeness (QED) is 0.705. The Morgan fingerprint density at radius 2 is 2.15 bits per heavy atom. The first-order valence-corrected chi connectivity index (χ1v) is 5.96. The van der Waals surface area contributed by atoms with Crippen LogP contribution < -0.4 is 5.32 Å². The Kier molecular flexibility index (Phi) is 4.24. The van der Waals surface area contributed by atoms with Gasteiger partial charge in [0.05, 0.1) is 0 Å². The molecule has 2 unspecified atom stereocenters. The molecule has 0 saturated carbocycles. The molecule has 0 aromatic carbocycles. The standard InChI is InChI=1S/C12H25N/c1-4-6-7-12(5-2)8-9-13-10-11(12)3/h11,13H,4-10H2,1-3H3. The molecule has 1 aliphatic rings. The first-order valence-electron chi connectivity index (χ1n) is 5.96. The van der Waals surface area contributed by atoms with Gasteiger partial charge < -0.3 is 5.32 Å². The van der Waals surface area contributed by atoms with Crippen molar-refractivity contribution in [1.29, 1.82) is 0 Å². The van der Waals surface area contributed by atoms with Gasteiger partial charge in [-0.25, -0.2) is 0 Å². The van der Waals surface area contributed by atoms with Crippen LogP contribution >= 0.6 is 0 Å². The topological polar surface area (TPSA) is 12.0 Å². The van der Waals surface area contributed by atoms with Crippen LogP contribution in [0.15, 0.2) is 0 Å². The molecule has 0 spiro atoms. The van der Waals surface area contributed by atoms with Crippen molar-refractivity contribution < 1.29 is 0 Å². The lowest BCUT2D eigenvalue weighted by Crippen LogP contribution is -2.43. The minimum Gasteiger partial charge on any atom is -0.316 e. The zero-order chi connectivity index (χ0) is 9.73. The van der Waals surface area contributed by atoms with Crippen molar-refractivity contribution in [2.45, 2.75) is 52.9 Å². The molecule has 1 fully saturated rings. The molecule has 1 aliphatic heterocycles. The van der Waals surface area contributed by atoms with Crippen LogP contribution in [-0.4, -0.2) is 13.1 Å². The maximum atomic E-state index is 3.50. The fourth-order valence-electron chi connectivity index (χ4n) is 2.72. The average molecular weight is 183 g/mol. The monoisotopic (exact) mass is 183 g/mol. The highest BCUT2D eigenvalue weighted by Gasteiger charge is 2.35. The number of rotatable bonds is 4. The van der Waals surface area contributed by atoms with Gasteiger partial charge in [-0.15, -0.1) is 0 Å². The van der Waals surface area contributed by atoms with Crippen molar-refractivity contribution in [2.24, 2.45) is 11.3 Å². The third-order valence-corrected chi connectivity index (χ3v) is 4.03.